The van der Waals surface area contributed by atoms with Crippen molar-refractivity contribution in [3.63, 3.8) is 0 Å². The predicted octanol–water partition coefficient (Wildman–Crippen LogP) is 1.14. The average molecular weight is 453 g/mol. The molecule has 33 heavy (non-hydrogen) atoms. The number of aliphatic hydroxyl groups is 1. The second-order valence-corrected chi connectivity index (χ2v) is 9.05. The van der Waals surface area contributed by atoms with E-state index in [0.29, 0.717) is 23.4 Å². The number of amides is 1. The van der Waals surface area contributed by atoms with Crippen LogP contribution in [-0.2, 0) is 4.74 Å². The third-order valence-corrected chi connectivity index (χ3v) is 7.12. The average Bonchev–Trinajstić information content (AvgIpc) is 3.31. The molecule has 0 radical (unpaired) electrons. The van der Waals surface area contributed by atoms with E-state index in [0.717, 1.165) is 57.1 Å². The van der Waals surface area contributed by atoms with E-state index in [1.165, 1.54) is 5.56 Å². The van der Waals surface area contributed by atoms with Gasteiger partial charge in [0.05, 0.1) is 31.6 Å². The first kappa shape index (κ1) is 22.2. The molecule has 2 aliphatic heterocycles. The largest absolute Gasteiger partial charge is 0.395 e. The molecule has 1 saturated carbocycles. The molecule has 4 N–H and O–H groups in total. The normalized spacial score (nSPS) is 27.2. The fourth-order valence-electron chi connectivity index (χ4n) is 5.33. The highest BCUT2D eigenvalue weighted by atomic mass is 16.5. The lowest BCUT2D eigenvalue weighted by Gasteiger charge is -2.33. The Morgan fingerprint density at radius 2 is 1.97 bits per heavy atom. The summed E-state index contributed by atoms with van der Waals surface area (Å²) >= 11 is 0. The van der Waals surface area contributed by atoms with Gasteiger partial charge >= 0.3 is 0 Å². The van der Waals surface area contributed by atoms with Crippen molar-refractivity contribution in [3.05, 3.63) is 53.5 Å². The van der Waals surface area contributed by atoms with Gasteiger partial charge in [-0.15, -0.1) is 0 Å². The third-order valence-electron chi connectivity index (χ3n) is 7.12. The summed E-state index contributed by atoms with van der Waals surface area (Å²) in [6, 6.07) is 10.6. The molecule has 2 aromatic rings. The number of nitrogens with one attached hydrogen (secondary N) is 3. The van der Waals surface area contributed by atoms with E-state index in [1.54, 1.807) is 6.33 Å². The molecule has 3 aliphatic rings. The summed E-state index contributed by atoms with van der Waals surface area (Å²) in [5.74, 6) is 1.70. The first-order valence-corrected chi connectivity index (χ1v) is 11.9. The van der Waals surface area contributed by atoms with Gasteiger partial charge in [0.15, 0.2) is 0 Å². The molecule has 1 aliphatic carbocycles. The minimum Gasteiger partial charge on any atom is -0.395 e. The van der Waals surface area contributed by atoms with Crippen LogP contribution in [0.2, 0.25) is 0 Å². The Morgan fingerprint density at radius 1 is 1.15 bits per heavy atom. The zero-order valence-electron chi connectivity index (χ0n) is 18.7. The summed E-state index contributed by atoms with van der Waals surface area (Å²) in [5.41, 5.74) is 9.94. The number of anilines is 1. The summed E-state index contributed by atoms with van der Waals surface area (Å²) in [7, 11) is 0. The molecule has 5 rings (SSSR count). The number of carbonyl (C=O) groups excluding carboxylic acids is 1. The quantitative estimate of drug-likeness (QED) is 0.516. The number of fused-ring (bicyclic) bond motifs is 1. The zero-order chi connectivity index (χ0) is 22.6. The topological polar surface area (TPSA) is 112 Å². The minimum absolute atomic E-state index is 0.0576. The molecule has 4 atom stereocenters. The first-order chi connectivity index (χ1) is 16.2. The van der Waals surface area contributed by atoms with Crippen molar-refractivity contribution in [2.24, 2.45) is 5.92 Å². The molecule has 4 unspecified atom stereocenters. The number of aliphatic hydroxyl groups excluding tert-OH is 1. The van der Waals surface area contributed by atoms with Crippen LogP contribution in [0.3, 0.4) is 0 Å². The second kappa shape index (κ2) is 10.1. The molecule has 9 nitrogen and oxygen atoms in total. The number of nitrogens with zero attached hydrogens (tertiary/aromatic N) is 3. The van der Waals surface area contributed by atoms with Gasteiger partial charge in [-0.1, -0.05) is 12.1 Å². The van der Waals surface area contributed by atoms with E-state index >= 15 is 0 Å². The molecule has 3 heterocycles. The highest BCUT2D eigenvalue weighted by molar-refractivity contribution is 5.94. The van der Waals surface area contributed by atoms with Crippen LogP contribution >= 0.6 is 0 Å². The van der Waals surface area contributed by atoms with Crippen molar-refractivity contribution in [2.75, 3.05) is 44.4 Å². The van der Waals surface area contributed by atoms with Crippen molar-refractivity contribution in [2.45, 2.75) is 37.3 Å². The number of ether oxygens (including phenoxy) is 1. The highest BCUT2D eigenvalue weighted by Crippen LogP contribution is 2.44. The molecule has 0 bridgehead atoms. The second-order valence-electron chi connectivity index (χ2n) is 9.05. The van der Waals surface area contributed by atoms with Crippen LogP contribution in [0.1, 0.15) is 52.8 Å². The molecule has 2 saturated heterocycles. The number of morpholine rings is 1. The lowest BCUT2D eigenvalue weighted by Crippen LogP contribution is -2.37. The van der Waals surface area contributed by atoms with E-state index in [4.69, 9.17) is 9.84 Å². The summed E-state index contributed by atoms with van der Waals surface area (Å²) in [4.78, 5) is 23.5. The number of hydrogen-bond acceptors (Lipinski definition) is 8. The molecule has 1 aromatic heterocycles. The Balaban J connectivity index is 1.28. The van der Waals surface area contributed by atoms with Gasteiger partial charge in [-0.3, -0.25) is 10.2 Å². The predicted molar refractivity (Wildman–Crippen MR) is 124 cm³/mol. The van der Waals surface area contributed by atoms with Gasteiger partial charge in [-0.25, -0.2) is 15.4 Å². The van der Waals surface area contributed by atoms with Crippen LogP contribution in [0.5, 0.6) is 0 Å². The summed E-state index contributed by atoms with van der Waals surface area (Å²) in [6.07, 6.45) is 4.94. The number of aromatic nitrogens is 2. The monoisotopic (exact) mass is 452 g/mol. The van der Waals surface area contributed by atoms with Crippen molar-refractivity contribution in [1.29, 1.82) is 0 Å². The van der Waals surface area contributed by atoms with Crippen LogP contribution in [0.25, 0.3) is 0 Å². The van der Waals surface area contributed by atoms with Crippen molar-refractivity contribution in [1.82, 2.24) is 26.1 Å². The SMILES string of the molecule is O=C(NCCO)c1ccc(C2CCC3NNC(c4cc(N5CCOCC5)ncn4)C3C2)cc1. The Hall–Kier alpha value is -2.59. The van der Waals surface area contributed by atoms with E-state index in [1.807, 2.05) is 12.1 Å². The maximum absolute atomic E-state index is 12.1. The number of rotatable bonds is 6. The summed E-state index contributed by atoms with van der Waals surface area (Å²) in [6.45, 7) is 3.39. The maximum Gasteiger partial charge on any atom is 0.251 e. The lowest BCUT2D eigenvalue weighted by atomic mass is 9.73. The molecule has 176 valence electrons. The highest BCUT2D eigenvalue weighted by Gasteiger charge is 2.42. The fraction of sp³-hybridized carbons (Fsp3) is 0.542. The van der Waals surface area contributed by atoms with Gasteiger partial charge in [0.1, 0.15) is 12.1 Å². The maximum atomic E-state index is 12.1. The molecule has 1 aromatic carbocycles. The molecule has 1 amide bonds. The van der Waals surface area contributed by atoms with Crippen LogP contribution < -0.4 is 21.1 Å². The third kappa shape index (κ3) is 4.86. The van der Waals surface area contributed by atoms with Gasteiger partial charge in [0, 0.05) is 37.3 Å². The Morgan fingerprint density at radius 3 is 2.76 bits per heavy atom. The molecular formula is C24H32N6O3. The molecular weight excluding hydrogens is 420 g/mol. The number of carbonyl (C=O) groups is 1. The summed E-state index contributed by atoms with van der Waals surface area (Å²) in [5, 5.41) is 11.6. The van der Waals surface area contributed by atoms with Crippen LogP contribution in [-0.4, -0.2) is 66.5 Å². The van der Waals surface area contributed by atoms with Crippen molar-refractivity contribution >= 4 is 11.7 Å². The van der Waals surface area contributed by atoms with E-state index in [9.17, 15) is 4.79 Å². The van der Waals surface area contributed by atoms with Crippen molar-refractivity contribution in [3.8, 4) is 0 Å². The Bertz CT molecular complexity index is 949. The number of hydrogen-bond donors (Lipinski definition) is 4. The van der Waals surface area contributed by atoms with Gasteiger partial charge in [0.25, 0.3) is 5.91 Å². The standard InChI is InChI=1S/C24H32N6O3/c31-10-7-25-24(32)17-3-1-16(2-4-17)18-5-6-20-19(13-18)23(29-28-20)21-14-22(27-15-26-21)30-8-11-33-12-9-30/h1-4,14-15,18-20,23,28-29,31H,5-13H2,(H,25,32). The molecule has 0 spiro atoms. The number of benzene rings is 1. The van der Waals surface area contributed by atoms with Crippen molar-refractivity contribution < 1.29 is 14.6 Å². The smallest absolute Gasteiger partial charge is 0.251 e. The fourth-order valence-corrected chi connectivity index (χ4v) is 5.33. The number of hydrazine groups is 1. The molecule has 3 fully saturated rings. The minimum atomic E-state index is -0.150. The first-order valence-electron chi connectivity index (χ1n) is 11.9. The lowest BCUT2D eigenvalue weighted by molar-refractivity contribution is 0.0944. The van der Waals surface area contributed by atoms with Crippen LogP contribution in [0.4, 0.5) is 5.82 Å². The Labute approximate surface area is 193 Å². The van der Waals surface area contributed by atoms with Gasteiger partial charge in [-0.05, 0) is 48.8 Å². The zero-order valence-corrected chi connectivity index (χ0v) is 18.7. The van der Waals surface area contributed by atoms with E-state index < -0.39 is 0 Å². The van der Waals surface area contributed by atoms with Gasteiger partial charge < -0.3 is 20.1 Å². The molecule has 9 heteroatoms. The summed E-state index contributed by atoms with van der Waals surface area (Å²) < 4.78 is 5.47. The Kier molecular flexibility index (Phi) is 6.82. The van der Waals surface area contributed by atoms with Crippen LogP contribution in [0.15, 0.2) is 36.7 Å². The van der Waals surface area contributed by atoms with Crippen LogP contribution in [0, 0.1) is 5.92 Å². The van der Waals surface area contributed by atoms with E-state index in [2.05, 4.69) is 49.2 Å². The van der Waals surface area contributed by atoms with E-state index in [-0.39, 0.29) is 25.1 Å². The van der Waals surface area contributed by atoms with Gasteiger partial charge in [-0.2, -0.15) is 0 Å². The van der Waals surface area contributed by atoms with Gasteiger partial charge in [0.2, 0.25) is 0 Å².